The number of nitrogens with zero attached hydrogens (tertiary/aromatic N) is 1. The number of rotatable bonds is 8. The number of hydrogen-bond donors (Lipinski definition) is 2. The van der Waals surface area contributed by atoms with Gasteiger partial charge in [-0.1, -0.05) is 12.1 Å². The summed E-state index contributed by atoms with van der Waals surface area (Å²) in [6.07, 6.45) is 4.35. The van der Waals surface area contributed by atoms with E-state index in [1.165, 1.54) is 0 Å². The molecule has 2 aliphatic rings. The molecule has 0 bridgehead atoms. The number of carbonyl (C=O) groups is 2. The predicted octanol–water partition coefficient (Wildman–Crippen LogP) is 3.53. The Hall–Kier alpha value is -3.06. The average molecular weight is 424 g/mol. The second-order valence-corrected chi connectivity index (χ2v) is 7.92. The minimum absolute atomic E-state index is 0.0525. The number of benzene rings is 2. The Morgan fingerprint density at radius 2 is 1.81 bits per heavy atom. The van der Waals surface area contributed by atoms with Crippen LogP contribution in [-0.2, 0) is 9.53 Å². The third-order valence-corrected chi connectivity index (χ3v) is 5.58. The Bertz CT molecular complexity index is 888. The number of nitrogens with one attached hydrogen (secondary N) is 2. The van der Waals surface area contributed by atoms with Crippen LogP contribution in [0, 0.1) is 0 Å². The Morgan fingerprint density at radius 3 is 2.55 bits per heavy atom. The van der Waals surface area contributed by atoms with Crippen LogP contribution in [0.4, 0.5) is 11.4 Å². The van der Waals surface area contributed by atoms with Gasteiger partial charge in [0, 0.05) is 30.9 Å². The normalized spacial score (nSPS) is 18.1. The van der Waals surface area contributed by atoms with Crippen LogP contribution in [0.25, 0.3) is 0 Å². The van der Waals surface area contributed by atoms with Crippen molar-refractivity contribution in [2.24, 2.45) is 0 Å². The minimum atomic E-state index is -0.174. The molecule has 164 valence electrons. The molecule has 2 aromatic carbocycles. The molecule has 2 fully saturated rings. The smallest absolute Gasteiger partial charge is 0.253 e. The van der Waals surface area contributed by atoms with Crippen molar-refractivity contribution in [2.75, 3.05) is 43.5 Å². The first-order chi connectivity index (χ1) is 15.2. The standard InChI is InChI=1S/C24H29N3O4/c28-23(26-19-11-9-18(10-12-19)24(29)27-13-3-4-14-27)16-25-21-7-1-2-8-22(21)31-17-20-6-5-15-30-20/h1-2,7-12,20,25H,3-6,13-17H2,(H,26,28). The number of ether oxygens (including phenoxy) is 2. The molecule has 2 aliphatic heterocycles. The van der Waals surface area contributed by atoms with E-state index in [0.29, 0.717) is 23.6 Å². The SMILES string of the molecule is O=C(CNc1ccccc1OCC1CCCO1)Nc1ccc(C(=O)N2CCCC2)cc1. The molecule has 2 amide bonds. The van der Waals surface area contributed by atoms with Crippen LogP contribution in [0.3, 0.4) is 0 Å². The fourth-order valence-corrected chi connectivity index (χ4v) is 3.88. The predicted molar refractivity (Wildman–Crippen MR) is 120 cm³/mol. The van der Waals surface area contributed by atoms with Gasteiger partial charge in [-0.3, -0.25) is 9.59 Å². The zero-order chi connectivity index (χ0) is 21.5. The van der Waals surface area contributed by atoms with Crippen LogP contribution < -0.4 is 15.4 Å². The van der Waals surface area contributed by atoms with Gasteiger partial charge in [-0.15, -0.1) is 0 Å². The number of amides is 2. The molecular weight excluding hydrogens is 394 g/mol. The van der Waals surface area contributed by atoms with E-state index in [2.05, 4.69) is 10.6 Å². The van der Waals surface area contributed by atoms with Crippen molar-refractivity contribution in [3.05, 3.63) is 54.1 Å². The van der Waals surface area contributed by atoms with Gasteiger partial charge in [0.1, 0.15) is 12.4 Å². The lowest BCUT2D eigenvalue weighted by atomic mass is 10.2. The third-order valence-electron chi connectivity index (χ3n) is 5.58. The molecule has 0 radical (unpaired) electrons. The second kappa shape index (κ2) is 10.3. The van der Waals surface area contributed by atoms with Gasteiger partial charge >= 0.3 is 0 Å². The van der Waals surface area contributed by atoms with Crippen LogP contribution in [0.2, 0.25) is 0 Å². The van der Waals surface area contributed by atoms with Gasteiger partial charge in [0.25, 0.3) is 5.91 Å². The Labute approximate surface area is 182 Å². The zero-order valence-electron chi connectivity index (χ0n) is 17.6. The number of anilines is 2. The van der Waals surface area contributed by atoms with Crippen molar-refractivity contribution in [3.8, 4) is 5.75 Å². The summed E-state index contributed by atoms with van der Waals surface area (Å²) in [5.74, 6) is 0.583. The van der Waals surface area contributed by atoms with Crippen molar-refractivity contribution >= 4 is 23.2 Å². The third kappa shape index (κ3) is 5.76. The maximum absolute atomic E-state index is 12.4. The quantitative estimate of drug-likeness (QED) is 0.679. The fraction of sp³-hybridized carbons (Fsp3) is 0.417. The van der Waals surface area contributed by atoms with Crippen LogP contribution >= 0.6 is 0 Å². The number of hydrogen-bond acceptors (Lipinski definition) is 5. The fourth-order valence-electron chi connectivity index (χ4n) is 3.88. The summed E-state index contributed by atoms with van der Waals surface area (Å²) in [7, 11) is 0. The van der Waals surface area contributed by atoms with Crippen molar-refractivity contribution in [2.45, 2.75) is 31.8 Å². The molecule has 2 saturated heterocycles. The van der Waals surface area contributed by atoms with Crippen molar-refractivity contribution < 1.29 is 19.1 Å². The van der Waals surface area contributed by atoms with E-state index in [4.69, 9.17) is 9.47 Å². The lowest BCUT2D eigenvalue weighted by molar-refractivity contribution is -0.114. The lowest BCUT2D eigenvalue weighted by Crippen LogP contribution is -2.27. The summed E-state index contributed by atoms with van der Waals surface area (Å²) in [6.45, 7) is 3.05. The van der Waals surface area contributed by atoms with Crippen molar-refractivity contribution in [3.63, 3.8) is 0 Å². The molecule has 0 spiro atoms. The molecule has 2 aromatic rings. The van der Waals surface area contributed by atoms with Crippen LogP contribution in [0.1, 0.15) is 36.0 Å². The van der Waals surface area contributed by atoms with E-state index >= 15 is 0 Å². The summed E-state index contributed by atoms with van der Waals surface area (Å²) in [4.78, 5) is 26.7. The molecular formula is C24H29N3O4. The highest BCUT2D eigenvalue weighted by atomic mass is 16.5. The number of carbonyl (C=O) groups excluding carboxylic acids is 2. The summed E-state index contributed by atoms with van der Waals surface area (Å²) >= 11 is 0. The molecule has 7 nitrogen and oxygen atoms in total. The maximum Gasteiger partial charge on any atom is 0.253 e. The van der Waals surface area contributed by atoms with Gasteiger partial charge < -0.3 is 25.0 Å². The Balaban J connectivity index is 1.27. The van der Waals surface area contributed by atoms with Gasteiger partial charge in [0.15, 0.2) is 0 Å². The molecule has 31 heavy (non-hydrogen) atoms. The van der Waals surface area contributed by atoms with Crippen LogP contribution in [-0.4, -0.2) is 55.7 Å². The summed E-state index contributed by atoms with van der Waals surface area (Å²) in [5.41, 5.74) is 2.07. The van der Waals surface area contributed by atoms with Gasteiger partial charge in [-0.2, -0.15) is 0 Å². The van der Waals surface area contributed by atoms with E-state index in [9.17, 15) is 9.59 Å². The van der Waals surface area contributed by atoms with E-state index in [1.54, 1.807) is 24.3 Å². The molecule has 0 aromatic heterocycles. The van der Waals surface area contributed by atoms with Crippen LogP contribution in [0.15, 0.2) is 48.5 Å². The summed E-state index contributed by atoms with van der Waals surface area (Å²) < 4.78 is 11.5. The van der Waals surface area contributed by atoms with Crippen molar-refractivity contribution in [1.29, 1.82) is 0 Å². The zero-order valence-corrected chi connectivity index (χ0v) is 17.6. The molecule has 4 rings (SSSR count). The van der Waals surface area contributed by atoms with Gasteiger partial charge in [0.05, 0.1) is 18.3 Å². The van der Waals surface area contributed by atoms with Gasteiger partial charge in [-0.05, 0) is 62.1 Å². The Kier molecular flexibility index (Phi) is 7.04. The monoisotopic (exact) mass is 423 g/mol. The maximum atomic E-state index is 12.4. The largest absolute Gasteiger partial charge is 0.489 e. The van der Waals surface area contributed by atoms with Crippen LogP contribution in [0.5, 0.6) is 5.75 Å². The molecule has 1 atom stereocenters. The average Bonchev–Trinajstić information content (AvgIpc) is 3.51. The summed E-state index contributed by atoms with van der Waals surface area (Å²) in [5, 5.41) is 5.99. The van der Waals surface area contributed by atoms with E-state index in [-0.39, 0.29) is 24.5 Å². The highest BCUT2D eigenvalue weighted by molar-refractivity contribution is 5.96. The topological polar surface area (TPSA) is 79.9 Å². The van der Waals surface area contributed by atoms with Crippen molar-refractivity contribution in [1.82, 2.24) is 4.90 Å². The highest BCUT2D eigenvalue weighted by Crippen LogP contribution is 2.25. The van der Waals surface area contributed by atoms with Gasteiger partial charge in [0.2, 0.25) is 5.91 Å². The number of para-hydroxylation sites is 2. The first-order valence-corrected chi connectivity index (χ1v) is 11.0. The lowest BCUT2D eigenvalue weighted by Gasteiger charge is -2.16. The number of likely N-dealkylation sites (tertiary alicyclic amines) is 1. The van der Waals surface area contributed by atoms with E-state index in [0.717, 1.165) is 51.1 Å². The van der Waals surface area contributed by atoms with Gasteiger partial charge in [-0.25, -0.2) is 0 Å². The molecule has 0 saturated carbocycles. The molecule has 2 heterocycles. The first kappa shape index (κ1) is 21.2. The Morgan fingerprint density at radius 1 is 1.03 bits per heavy atom. The first-order valence-electron chi connectivity index (χ1n) is 11.0. The molecule has 1 unspecified atom stereocenters. The molecule has 0 aliphatic carbocycles. The second-order valence-electron chi connectivity index (χ2n) is 7.92. The summed E-state index contributed by atoms with van der Waals surface area (Å²) in [6, 6.07) is 14.6. The molecule has 7 heteroatoms. The van der Waals surface area contributed by atoms with E-state index in [1.807, 2.05) is 29.2 Å². The van der Waals surface area contributed by atoms with E-state index < -0.39 is 0 Å². The highest BCUT2D eigenvalue weighted by Gasteiger charge is 2.19. The molecule has 2 N–H and O–H groups in total. The minimum Gasteiger partial charge on any atom is -0.489 e.